The van der Waals surface area contributed by atoms with Crippen molar-refractivity contribution in [1.29, 1.82) is 10.8 Å². The van der Waals surface area contributed by atoms with Crippen LogP contribution in [0.3, 0.4) is 0 Å². The van der Waals surface area contributed by atoms with Gasteiger partial charge >= 0.3 is 0 Å². The number of carbonyl (C=O) groups excluding carboxylic acids is 3. The lowest BCUT2D eigenvalue weighted by atomic mass is 9.84. The Kier molecular flexibility index (Phi) is 5.50. The molecule has 4 heterocycles. The van der Waals surface area contributed by atoms with E-state index < -0.39 is 35.5 Å². The Morgan fingerprint density at radius 1 is 1.16 bits per heavy atom. The van der Waals surface area contributed by atoms with E-state index >= 15 is 0 Å². The van der Waals surface area contributed by atoms with E-state index in [2.05, 4.69) is 21.3 Å². The van der Waals surface area contributed by atoms with Gasteiger partial charge in [-0.2, -0.15) is 0 Å². The second kappa shape index (κ2) is 8.15. The van der Waals surface area contributed by atoms with Gasteiger partial charge in [0.2, 0.25) is 17.6 Å². The fraction of sp³-hybridized carbons (Fsp3) is 0.542. The minimum atomic E-state index is -2.64. The molecule has 1 aromatic rings. The van der Waals surface area contributed by atoms with Gasteiger partial charge in [-0.15, -0.1) is 0 Å². The van der Waals surface area contributed by atoms with Crippen LogP contribution in [0, 0.1) is 10.8 Å². The Morgan fingerprint density at radius 3 is 2.49 bits per heavy atom. The highest BCUT2D eigenvalue weighted by atomic mass is 16.5. The molecule has 37 heavy (non-hydrogen) atoms. The summed E-state index contributed by atoms with van der Waals surface area (Å²) in [5, 5.41) is 51.2. The average molecular weight is 513 g/mol. The number of rotatable bonds is 4. The van der Waals surface area contributed by atoms with Crippen LogP contribution in [0.4, 0.5) is 0 Å². The maximum atomic E-state index is 13.2. The third-order valence-electron chi connectivity index (χ3n) is 7.73. The fourth-order valence-electron chi connectivity index (χ4n) is 5.72. The maximum absolute atomic E-state index is 13.2. The zero-order valence-electron chi connectivity index (χ0n) is 20.9. The number of likely N-dealkylation sites (tertiary alicyclic amines) is 1. The minimum absolute atomic E-state index is 0.0981. The second-order valence-electron chi connectivity index (χ2n) is 11.1. The van der Waals surface area contributed by atoms with Crippen LogP contribution in [-0.2, 0) is 15.0 Å². The first-order chi connectivity index (χ1) is 17.3. The molecular formula is C24H32N8O5. The van der Waals surface area contributed by atoms with Crippen LogP contribution in [0.25, 0.3) is 0 Å². The molecule has 13 heteroatoms. The molecule has 0 radical (unpaired) electrons. The Bertz CT molecular complexity index is 1190. The van der Waals surface area contributed by atoms with Gasteiger partial charge in [0.15, 0.2) is 17.6 Å². The Labute approximate surface area is 213 Å². The third kappa shape index (κ3) is 3.72. The maximum Gasteiger partial charge on any atom is 0.251 e. The molecule has 4 aliphatic rings. The number of aliphatic hydroxyl groups is 2. The summed E-state index contributed by atoms with van der Waals surface area (Å²) >= 11 is 0. The van der Waals surface area contributed by atoms with E-state index in [1.165, 1.54) is 4.90 Å². The predicted molar refractivity (Wildman–Crippen MR) is 131 cm³/mol. The monoisotopic (exact) mass is 512 g/mol. The number of hydrogen-bond donors (Lipinski definition) is 8. The summed E-state index contributed by atoms with van der Waals surface area (Å²) in [7, 11) is 0. The first-order valence-corrected chi connectivity index (χ1v) is 12.2. The van der Waals surface area contributed by atoms with Gasteiger partial charge in [-0.05, 0) is 23.1 Å². The SMILES string of the molecule is CC(C)(C)c1cccc(C(=O)NC2CN3C(=N)N[C@@H](CN4C(=O)CCC4=O)[C@@H]4NC(=N)NC43C2(O)O)c1. The van der Waals surface area contributed by atoms with E-state index in [1.54, 1.807) is 18.2 Å². The predicted octanol–water partition coefficient (Wildman–Crippen LogP) is -1.67. The molecule has 0 bridgehead atoms. The van der Waals surface area contributed by atoms with Crippen molar-refractivity contribution in [2.24, 2.45) is 0 Å². The number of nitrogens with zero attached hydrogens (tertiary/aromatic N) is 2. The first-order valence-electron chi connectivity index (χ1n) is 12.2. The average Bonchev–Trinajstić information content (AvgIpc) is 3.41. The summed E-state index contributed by atoms with van der Waals surface area (Å²) in [5.41, 5.74) is -0.711. The van der Waals surface area contributed by atoms with Crippen LogP contribution < -0.4 is 21.3 Å². The van der Waals surface area contributed by atoms with Crippen molar-refractivity contribution < 1.29 is 24.6 Å². The highest BCUT2D eigenvalue weighted by Gasteiger charge is 2.74. The van der Waals surface area contributed by atoms with Gasteiger partial charge in [0, 0.05) is 24.9 Å². The van der Waals surface area contributed by atoms with E-state index in [0.717, 1.165) is 10.5 Å². The van der Waals surface area contributed by atoms with Crippen LogP contribution in [0.5, 0.6) is 0 Å². The lowest BCUT2D eigenvalue weighted by molar-refractivity contribution is -0.232. The molecule has 4 saturated heterocycles. The summed E-state index contributed by atoms with van der Waals surface area (Å²) in [6, 6.07) is 4.10. The van der Waals surface area contributed by atoms with Crippen LogP contribution in [0.15, 0.2) is 24.3 Å². The summed E-state index contributed by atoms with van der Waals surface area (Å²) in [6.45, 7) is 5.81. The van der Waals surface area contributed by atoms with Crippen LogP contribution >= 0.6 is 0 Å². The summed E-state index contributed by atoms with van der Waals surface area (Å²) in [5.74, 6) is -4.25. The van der Waals surface area contributed by atoms with Crippen molar-refractivity contribution in [2.45, 2.75) is 68.6 Å². The molecular weight excluding hydrogens is 480 g/mol. The topological polar surface area (TPSA) is 194 Å². The summed E-state index contributed by atoms with van der Waals surface area (Å²) in [6.07, 6.45) is 0.196. The molecule has 4 atom stereocenters. The largest absolute Gasteiger partial charge is 0.361 e. The van der Waals surface area contributed by atoms with Crippen LogP contribution in [0.1, 0.15) is 49.5 Å². The number of guanidine groups is 2. The molecule has 1 spiro atoms. The van der Waals surface area contributed by atoms with Crippen molar-refractivity contribution in [1.82, 2.24) is 31.1 Å². The minimum Gasteiger partial charge on any atom is -0.361 e. The molecule has 0 saturated carbocycles. The van der Waals surface area contributed by atoms with Crippen molar-refractivity contribution in [2.75, 3.05) is 13.1 Å². The Balaban J connectivity index is 1.44. The van der Waals surface area contributed by atoms with Gasteiger partial charge < -0.3 is 36.4 Å². The Morgan fingerprint density at radius 2 is 1.84 bits per heavy atom. The van der Waals surface area contributed by atoms with E-state index in [0.29, 0.717) is 5.56 Å². The van der Waals surface area contributed by atoms with E-state index in [1.807, 2.05) is 26.8 Å². The zero-order valence-corrected chi connectivity index (χ0v) is 20.9. The zero-order chi connectivity index (χ0) is 26.9. The van der Waals surface area contributed by atoms with Gasteiger partial charge in [-0.3, -0.25) is 30.1 Å². The highest BCUT2D eigenvalue weighted by molar-refractivity contribution is 6.02. The molecule has 4 aliphatic heterocycles. The summed E-state index contributed by atoms with van der Waals surface area (Å²) < 4.78 is 0. The fourth-order valence-corrected chi connectivity index (χ4v) is 5.72. The third-order valence-corrected chi connectivity index (χ3v) is 7.73. The van der Waals surface area contributed by atoms with Gasteiger partial charge in [0.1, 0.15) is 6.04 Å². The number of amides is 3. The van der Waals surface area contributed by atoms with E-state index in [9.17, 15) is 24.6 Å². The molecule has 5 rings (SSSR count). The van der Waals surface area contributed by atoms with Crippen molar-refractivity contribution in [3.05, 3.63) is 35.4 Å². The number of hydrogen-bond acceptors (Lipinski definition) is 7. The lowest BCUT2D eigenvalue weighted by Gasteiger charge is -2.51. The highest BCUT2D eigenvalue weighted by Crippen LogP contribution is 2.43. The van der Waals surface area contributed by atoms with Crippen LogP contribution in [0.2, 0.25) is 0 Å². The van der Waals surface area contributed by atoms with Crippen molar-refractivity contribution >= 4 is 29.6 Å². The van der Waals surface area contributed by atoms with Gasteiger partial charge in [-0.1, -0.05) is 32.9 Å². The number of imide groups is 1. The quantitative estimate of drug-likeness (QED) is 0.172. The number of nitrogens with one attached hydrogen (secondary N) is 6. The lowest BCUT2D eigenvalue weighted by Crippen LogP contribution is -2.81. The van der Waals surface area contributed by atoms with Crippen molar-refractivity contribution in [3.63, 3.8) is 0 Å². The molecule has 0 aromatic heterocycles. The molecule has 0 aliphatic carbocycles. The number of carbonyl (C=O) groups is 3. The van der Waals surface area contributed by atoms with Crippen LogP contribution in [-0.4, -0.2) is 92.3 Å². The molecule has 1 aromatic carbocycles. The molecule has 3 amide bonds. The van der Waals surface area contributed by atoms with Crippen molar-refractivity contribution in [3.8, 4) is 0 Å². The first kappa shape index (κ1) is 25.0. The van der Waals surface area contributed by atoms with Gasteiger partial charge in [0.25, 0.3) is 5.91 Å². The molecule has 13 nitrogen and oxygen atoms in total. The van der Waals surface area contributed by atoms with Gasteiger partial charge in [0.05, 0.1) is 18.6 Å². The normalized spacial score (nSPS) is 30.5. The van der Waals surface area contributed by atoms with E-state index in [-0.39, 0.29) is 55.1 Å². The molecule has 4 fully saturated rings. The Hall–Kier alpha value is -3.71. The molecule has 8 N–H and O–H groups in total. The molecule has 2 unspecified atom stereocenters. The standard InChI is InChI=1S/C24H32N8O5/c1-22(2,3)13-6-4-5-12(9-13)19(35)28-15-11-32-21(26)27-14(10-31-16(33)7-8-17(31)34)18-23(32,24(15,36)37)30-20(25)29-18/h4-6,9,14-15,18,36-37H,7-8,10-11H2,1-3H3,(H2,26,27)(H,28,35)(H3,25,29,30)/t14-,15?,18-,23?/m0/s1. The molecule has 198 valence electrons. The second-order valence-corrected chi connectivity index (χ2v) is 11.1. The smallest absolute Gasteiger partial charge is 0.251 e. The van der Waals surface area contributed by atoms with Gasteiger partial charge in [-0.25, -0.2) is 0 Å². The number of benzene rings is 1. The van der Waals surface area contributed by atoms with E-state index in [4.69, 9.17) is 10.8 Å². The summed E-state index contributed by atoms with van der Waals surface area (Å²) in [4.78, 5) is 40.1.